The number of carbonyl (C=O) groups is 1. The van der Waals surface area contributed by atoms with Gasteiger partial charge in [-0.25, -0.2) is 0 Å². The molecule has 4 fully saturated rings. The van der Waals surface area contributed by atoms with E-state index in [0.717, 1.165) is 25.7 Å². The lowest BCUT2D eigenvalue weighted by Gasteiger charge is -2.55. The number of carbonyl (C=O) groups excluding carboxylic acids is 1. The first kappa shape index (κ1) is 14.9. The SMILES string of the molecule is C=C[C@]1(C)C[C@@H](O)[C@]23CC2CC[C@]2(CCC(=O)C23)[C@@H](C)[C@@H]1O. The minimum atomic E-state index is -0.541. The molecule has 0 saturated heterocycles. The first-order valence-electron chi connectivity index (χ1n) is 8.84. The average molecular weight is 304 g/mol. The van der Waals surface area contributed by atoms with E-state index in [2.05, 4.69) is 13.5 Å². The molecule has 0 aromatic heterocycles. The highest BCUT2D eigenvalue weighted by Crippen LogP contribution is 2.76. The molecular weight excluding hydrogens is 276 g/mol. The zero-order chi connectivity index (χ0) is 15.9. The summed E-state index contributed by atoms with van der Waals surface area (Å²) in [6.45, 7) is 8.08. The van der Waals surface area contributed by atoms with Crippen molar-refractivity contribution < 1.29 is 15.0 Å². The van der Waals surface area contributed by atoms with Gasteiger partial charge in [-0.15, -0.1) is 6.58 Å². The summed E-state index contributed by atoms with van der Waals surface area (Å²) in [4.78, 5) is 12.7. The van der Waals surface area contributed by atoms with Gasteiger partial charge in [0.15, 0.2) is 0 Å². The van der Waals surface area contributed by atoms with E-state index in [1.54, 1.807) is 0 Å². The van der Waals surface area contributed by atoms with Crippen LogP contribution in [-0.4, -0.2) is 28.2 Å². The second kappa shape index (κ2) is 4.24. The molecule has 0 aromatic carbocycles. The Kier molecular flexibility index (Phi) is 2.87. The molecule has 4 aliphatic carbocycles. The third kappa shape index (κ3) is 1.48. The maximum absolute atomic E-state index is 12.7. The Morgan fingerprint density at radius 1 is 1.27 bits per heavy atom. The van der Waals surface area contributed by atoms with Crippen LogP contribution in [0.3, 0.4) is 0 Å². The molecule has 4 aliphatic rings. The highest BCUT2D eigenvalue weighted by Gasteiger charge is 2.75. The van der Waals surface area contributed by atoms with Crippen LogP contribution >= 0.6 is 0 Å². The summed E-state index contributed by atoms with van der Waals surface area (Å²) in [5.74, 6) is 0.923. The van der Waals surface area contributed by atoms with E-state index in [0.29, 0.717) is 24.5 Å². The molecular formula is C19H28O3. The molecule has 2 bridgehead atoms. The molecule has 4 rings (SSSR count). The van der Waals surface area contributed by atoms with Crippen LogP contribution in [0.4, 0.5) is 0 Å². The summed E-state index contributed by atoms with van der Waals surface area (Å²) in [6, 6.07) is 0. The third-order valence-corrected chi connectivity index (χ3v) is 8.21. The number of rotatable bonds is 1. The summed E-state index contributed by atoms with van der Waals surface area (Å²) < 4.78 is 0. The predicted octanol–water partition coefficient (Wildman–Crippen LogP) is 2.71. The fraction of sp³-hybridized carbons (Fsp3) is 0.842. The van der Waals surface area contributed by atoms with Crippen LogP contribution in [0.2, 0.25) is 0 Å². The molecule has 0 heterocycles. The standard InChI is InChI=1S/C19H28O3/c1-4-17(3)10-14(21)19-9-12(19)5-7-18(11(2)16(17)22)8-6-13(20)15(18)19/h4,11-12,14-16,21-22H,1,5-10H2,2-3H3/t11-,12?,14+,15?,16-,17+,18-,19-/m0/s1. The molecule has 0 aromatic rings. The van der Waals surface area contributed by atoms with Gasteiger partial charge >= 0.3 is 0 Å². The van der Waals surface area contributed by atoms with E-state index < -0.39 is 17.6 Å². The quantitative estimate of drug-likeness (QED) is 0.732. The summed E-state index contributed by atoms with van der Waals surface area (Å²) in [6.07, 6.45) is 6.00. The second-order valence-electron chi connectivity index (χ2n) is 8.85. The van der Waals surface area contributed by atoms with Gasteiger partial charge in [0, 0.05) is 23.2 Å². The minimum Gasteiger partial charge on any atom is -0.392 e. The van der Waals surface area contributed by atoms with Crippen molar-refractivity contribution in [1.29, 1.82) is 0 Å². The van der Waals surface area contributed by atoms with Gasteiger partial charge in [-0.05, 0) is 49.4 Å². The normalized spacial score (nSPS) is 60.0. The first-order valence-corrected chi connectivity index (χ1v) is 8.84. The molecule has 4 saturated carbocycles. The van der Waals surface area contributed by atoms with E-state index in [4.69, 9.17) is 0 Å². The number of ketones is 1. The molecule has 122 valence electrons. The summed E-state index contributed by atoms with van der Waals surface area (Å²) in [5.41, 5.74) is -0.764. The van der Waals surface area contributed by atoms with Crippen molar-refractivity contribution in [3.8, 4) is 0 Å². The predicted molar refractivity (Wildman–Crippen MR) is 84.0 cm³/mol. The molecule has 3 heteroatoms. The van der Waals surface area contributed by atoms with Gasteiger partial charge in [-0.2, -0.15) is 0 Å². The Morgan fingerprint density at radius 2 is 2.00 bits per heavy atom. The maximum Gasteiger partial charge on any atom is 0.137 e. The van der Waals surface area contributed by atoms with Gasteiger partial charge in [0.1, 0.15) is 5.78 Å². The topological polar surface area (TPSA) is 57.5 Å². The Morgan fingerprint density at radius 3 is 2.68 bits per heavy atom. The van der Waals surface area contributed by atoms with Gasteiger partial charge in [-0.1, -0.05) is 19.9 Å². The van der Waals surface area contributed by atoms with E-state index in [1.807, 2.05) is 13.0 Å². The number of hydrogen-bond acceptors (Lipinski definition) is 3. The fourth-order valence-electron chi connectivity index (χ4n) is 6.74. The number of hydrogen-bond donors (Lipinski definition) is 2. The van der Waals surface area contributed by atoms with Crippen molar-refractivity contribution in [2.75, 3.05) is 0 Å². The van der Waals surface area contributed by atoms with Crippen molar-refractivity contribution in [1.82, 2.24) is 0 Å². The van der Waals surface area contributed by atoms with Gasteiger partial charge in [0.05, 0.1) is 12.2 Å². The zero-order valence-electron chi connectivity index (χ0n) is 13.7. The van der Waals surface area contributed by atoms with Crippen molar-refractivity contribution in [2.45, 2.75) is 64.6 Å². The van der Waals surface area contributed by atoms with Gasteiger partial charge in [0.2, 0.25) is 0 Å². The Balaban J connectivity index is 1.88. The molecule has 2 N–H and O–H groups in total. The van der Waals surface area contributed by atoms with E-state index >= 15 is 0 Å². The highest BCUT2D eigenvalue weighted by molar-refractivity contribution is 5.86. The van der Waals surface area contributed by atoms with Crippen LogP contribution < -0.4 is 0 Å². The van der Waals surface area contributed by atoms with Crippen LogP contribution in [0.1, 0.15) is 52.4 Å². The van der Waals surface area contributed by atoms with Gasteiger partial charge < -0.3 is 10.2 Å². The number of aliphatic hydroxyl groups excluding tert-OH is 2. The van der Waals surface area contributed by atoms with E-state index in [-0.39, 0.29) is 22.7 Å². The van der Waals surface area contributed by atoms with Crippen LogP contribution in [0.15, 0.2) is 12.7 Å². The number of aliphatic hydroxyl groups is 2. The first-order chi connectivity index (χ1) is 10.3. The Bertz CT molecular complexity index is 543. The molecule has 8 atom stereocenters. The molecule has 0 aliphatic heterocycles. The van der Waals surface area contributed by atoms with Crippen molar-refractivity contribution in [3.63, 3.8) is 0 Å². The molecule has 0 radical (unpaired) electrons. The second-order valence-corrected chi connectivity index (χ2v) is 8.85. The van der Waals surface area contributed by atoms with Gasteiger partial charge in [-0.3, -0.25) is 4.79 Å². The molecule has 2 unspecified atom stereocenters. The molecule has 22 heavy (non-hydrogen) atoms. The van der Waals surface area contributed by atoms with Crippen molar-refractivity contribution in [3.05, 3.63) is 12.7 Å². The third-order valence-electron chi connectivity index (χ3n) is 8.21. The van der Waals surface area contributed by atoms with Crippen LogP contribution in [0, 0.1) is 34.0 Å². The van der Waals surface area contributed by atoms with Crippen LogP contribution in [-0.2, 0) is 4.79 Å². The fourth-order valence-corrected chi connectivity index (χ4v) is 6.74. The van der Waals surface area contributed by atoms with E-state index in [9.17, 15) is 15.0 Å². The number of Topliss-reactive ketones (excluding diaryl/α,β-unsaturated/α-hetero) is 1. The zero-order valence-corrected chi connectivity index (χ0v) is 13.7. The average Bonchev–Trinajstić information content (AvgIpc) is 3.16. The van der Waals surface area contributed by atoms with Crippen LogP contribution in [0.5, 0.6) is 0 Å². The largest absolute Gasteiger partial charge is 0.392 e. The molecule has 0 amide bonds. The van der Waals surface area contributed by atoms with Crippen molar-refractivity contribution >= 4 is 5.78 Å². The Labute approximate surface area is 132 Å². The molecule has 1 spiro atoms. The smallest absolute Gasteiger partial charge is 0.137 e. The monoisotopic (exact) mass is 304 g/mol. The maximum atomic E-state index is 12.7. The summed E-state index contributed by atoms with van der Waals surface area (Å²) in [7, 11) is 0. The highest BCUT2D eigenvalue weighted by atomic mass is 16.3. The lowest BCUT2D eigenvalue weighted by atomic mass is 9.50. The summed E-state index contributed by atoms with van der Waals surface area (Å²) in [5, 5.41) is 22.1. The molecule has 3 nitrogen and oxygen atoms in total. The summed E-state index contributed by atoms with van der Waals surface area (Å²) >= 11 is 0. The van der Waals surface area contributed by atoms with Crippen LogP contribution in [0.25, 0.3) is 0 Å². The lowest BCUT2D eigenvalue weighted by molar-refractivity contribution is -0.156. The van der Waals surface area contributed by atoms with Crippen molar-refractivity contribution in [2.24, 2.45) is 34.0 Å². The van der Waals surface area contributed by atoms with Gasteiger partial charge in [0.25, 0.3) is 0 Å². The minimum absolute atomic E-state index is 0.0206. The van der Waals surface area contributed by atoms with E-state index in [1.165, 1.54) is 0 Å². The Hall–Kier alpha value is -0.670. The lowest BCUT2D eigenvalue weighted by Crippen LogP contribution is -2.57.